The van der Waals surface area contributed by atoms with Crippen LogP contribution in [0.1, 0.15) is 24.1 Å². The molecular formula is C16H26N2O3S2. The molecule has 0 bridgehead atoms. The highest BCUT2D eigenvalue weighted by Gasteiger charge is 2.24. The maximum atomic E-state index is 12.2. The number of amides is 1. The maximum absolute atomic E-state index is 12.2. The van der Waals surface area contributed by atoms with Crippen molar-refractivity contribution < 1.29 is 13.2 Å². The molecular weight excluding hydrogens is 332 g/mol. The second-order valence-electron chi connectivity index (χ2n) is 6.22. The molecule has 1 aliphatic rings. The molecule has 1 aromatic rings. The Labute approximate surface area is 143 Å². The number of thiophene rings is 1. The summed E-state index contributed by atoms with van der Waals surface area (Å²) in [6, 6.07) is 4.12. The normalized spacial score (nSPS) is 17.3. The van der Waals surface area contributed by atoms with Crippen LogP contribution in [0.2, 0.25) is 0 Å². The first-order valence-corrected chi connectivity index (χ1v) is 11.1. The zero-order chi connectivity index (χ0) is 16.7. The number of hydrogen-bond acceptors (Lipinski definition) is 5. The highest BCUT2D eigenvalue weighted by atomic mass is 32.2. The SMILES string of the molecule is CS(=O)(=O)CCCN1CCC(C(=O)NCCc2cccs2)CC1. The average Bonchev–Trinajstić information content (AvgIpc) is 3.00. The lowest BCUT2D eigenvalue weighted by molar-refractivity contribution is -0.126. The Kier molecular flexibility index (Phi) is 7.05. The van der Waals surface area contributed by atoms with E-state index in [-0.39, 0.29) is 17.6 Å². The van der Waals surface area contributed by atoms with Gasteiger partial charge in [-0.2, -0.15) is 0 Å². The zero-order valence-corrected chi connectivity index (χ0v) is 15.3. The summed E-state index contributed by atoms with van der Waals surface area (Å²) in [5, 5.41) is 5.09. The number of nitrogens with one attached hydrogen (secondary N) is 1. The van der Waals surface area contributed by atoms with Crippen molar-refractivity contribution in [2.24, 2.45) is 5.92 Å². The van der Waals surface area contributed by atoms with Crippen LogP contribution in [0.5, 0.6) is 0 Å². The molecule has 0 spiro atoms. The fourth-order valence-corrected chi connectivity index (χ4v) is 4.24. The fraction of sp³-hybridized carbons (Fsp3) is 0.688. The van der Waals surface area contributed by atoms with Crippen LogP contribution in [0, 0.1) is 5.92 Å². The Morgan fingerprint density at radius 2 is 2.13 bits per heavy atom. The fourth-order valence-electron chi connectivity index (χ4n) is 2.88. The summed E-state index contributed by atoms with van der Waals surface area (Å²) < 4.78 is 22.3. The number of rotatable bonds is 8. The van der Waals surface area contributed by atoms with Gasteiger partial charge in [0.15, 0.2) is 0 Å². The number of carbonyl (C=O) groups excluding carboxylic acids is 1. The van der Waals surface area contributed by atoms with Crippen LogP contribution < -0.4 is 5.32 Å². The predicted octanol–water partition coefficient (Wildman–Crippen LogP) is 1.55. The monoisotopic (exact) mass is 358 g/mol. The van der Waals surface area contributed by atoms with Crippen molar-refractivity contribution in [3.05, 3.63) is 22.4 Å². The minimum absolute atomic E-state index is 0.101. The average molecular weight is 359 g/mol. The van der Waals surface area contributed by atoms with Crippen molar-refractivity contribution >= 4 is 27.1 Å². The van der Waals surface area contributed by atoms with Crippen molar-refractivity contribution in [1.29, 1.82) is 0 Å². The van der Waals surface area contributed by atoms with Crippen molar-refractivity contribution in [2.75, 3.05) is 38.2 Å². The van der Waals surface area contributed by atoms with E-state index in [1.54, 1.807) is 11.3 Å². The third kappa shape index (κ3) is 7.01. The topological polar surface area (TPSA) is 66.5 Å². The van der Waals surface area contributed by atoms with Crippen LogP contribution in [0.15, 0.2) is 17.5 Å². The molecule has 1 amide bonds. The van der Waals surface area contributed by atoms with E-state index in [1.165, 1.54) is 11.1 Å². The summed E-state index contributed by atoms with van der Waals surface area (Å²) in [5.41, 5.74) is 0. The second kappa shape index (κ2) is 8.80. The smallest absolute Gasteiger partial charge is 0.223 e. The van der Waals surface area contributed by atoms with E-state index in [1.807, 2.05) is 6.07 Å². The van der Waals surface area contributed by atoms with Gasteiger partial charge in [-0.3, -0.25) is 4.79 Å². The molecule has 1 aromatic heterocycles. The summed E-state index contributed by atoms with van der Waals surface area (Å²) >= 11 is 1.72. The molecule has 1 fully saturated rings. The number of sulfone groups is 1. The van der Waals surface area contributed by atoms with E-state index in [4.69, 9.17) is 0 Å². The first-order valence-electron chi connectivity index (χ1n) is 8.14. The van der Waals surface area contributed by atoms with Gasteiger partial charge in [0.25, 0.3) is 0 Å². The molecule has 0 radical (unpaired) electrons. The van der Waals surface area contributed by atoms with Gasteiger partial charge < -0.3 is 10.2 Å². The van der Waals surface area contributed by atoms with E-state index >= 15 is 0 Å². The van der Waals surface area contributed by atoms with Crippen LogP contribution in [-0.4, -0.2) is 57.4 Å². The summed E-state index contributed by atoms with van der Waals surface area (Å²) in [6.45, 7) is 3.27. The molecule has 0 atom stereocenters. The van der Waals surface area contributed by atoms with Crippen LogP contribution in [0.4, 0.5) is 0 Å². The molecule has 1 saturated heterocycles. The summed E-state index contributed by atoms with van der Waals surface area (Å²) in [6.07, 6.45) is 4.58. The Bertz CT molecular complexity index is 576. The lowest BCUT2D eigenvalue weighted by Gasteiger charge is -2.31. The molecule has 2 rings (SSSR count). The van der Waals surface area contributed by atoms with E-state index in [2.05, 4.69) is 21.7 Å². The lowest BCUT2D eigenvalue weighted by atomic mass is 9.96. The van der Waals surface area contributed by atoms with Crippen LogP contribution in [-0.2, 0) is 21.1 Å². The van der Waals surface area contributed by atoms with Gasteiger partial charge in [0.2, 0.25) is 5.91 Å². The number of nitrogens with zero attached hydrogens (tertiary/aromatic N) is 1. The zero-order valence-electron chi connectivity index (χ0n) is 13.7. The number of carbonyl (C=O) groups is 1. The van der Waals surface area contributed by atoms with Gasteiger partial charge in [0, 0.05) is 23.6 Å². The van der Waals surface area contributed by atoms with Gasteiger partial charge in [0.05, 0.1) is 5.75 Å². The Hall–Kier alpha value is -0.920. The van der Waals surface area contributed by atoms with Gasteiger partial charge in [0.1, 0.15) is 9.84 Å². The summed E-state index contributed by atoms with van der Waals surface area (Å²) in [4.78, 5) is 15.7. The molecule has 7 heteroatoms. The van der Waals surface area contributed by atoms with Crippen molar-refractivity contribution in [1.82, 2.24) is 10.2 Å². The van der Waals surface area contributed by atoms with Gasteiger partial charge in [-0.25, -0.2) is 8.42 Å². The Morgan fingerprint density at radius 3 is 2.74 bits per heavy atom. The summed E-state index contributed by atoms with van der Waals surface area (Å²) in [7, 11) is -2.87. The van der Waals surface area contributed by atoms with E-state index in [0.717, 1.165) is 38.9 Å². The highest BCUT2D eigenvalue weighted by Crippen LogP contribution is 2.17. The summed E-state index contributed by atoms with van der Waals surface area (Å²) in [5.74, 6) is 0.512. The third-order valence-corrected chi connectivity index (χ3v) is 6.17. The lowest BCUT2D eigenvalue weighted by Crippen LogP contribution is -2.41. The van der Waals surface area contributed by atoms with Crippen LogP contribution in [0.3, 0.4) is 0 Å². The molecule has 23 heavy (non-hydrogen) atoms. The van der Waals surface area contributed by atoms with Crippen molar-refractivity contribution in [3.8, 4) is 0 Å². The van der Waals surface area contributed by atoms with Gasteiger partial charge in [-0.15, -0.1) is 11.3 Å². The molecule has 0 unspecified atom stereocenters. The molecule has 2 heterocycles. The molecule has 130 valence electrons. The first-order chi connectivity index (χ1) is 10.9. The molecule has 0 aliphatic carbocycles. The molecule has 5 nitrogen and oxygen atoms in total. The molecule has 0 aromatic carbocycles. The molecule has 0 saturated carbocycles. The standard InChI is InChI=1S/C16H26N2O3S2/c1-23(20,21)13-3-9-18-10-6-14(7-11-18)16(19)17-8-5-15-4-2-12-22-15/h2,4,12,14H,3,5-11,13H2,1H3,(H,17,19). The van der Waals surface area contributed by atoms with Gasteiger partial charge in [-0.05, 0) is 56.8 Å². The van der Waals surface area contributed by atoms with Crippen LogP contribution in [0.25, 0.3) is 0 Å². The first kappa shape index (κ1) is 18.4. The second-order valence-corrected chi connectivity index (χ2v) is 9.51. The predicted molar refractivity (Wildman–Crippen MR) is 94.5 cm³/mol. The van der Waals surface area contributed by atoms with E-state index in [9.17, 15) is 13.2 Å². The molecule has 1 aliphatic heterocycles. The van der Waals surface area contributed by atoms with Gasteiger partial charge >= 0.3 is 0 Å². The van der Waals surface area contributed by atoms with Gasteiger partial charge in [-0.1, -0.05) is 6.07 Å². The number of hydrogen-bond donors (Lipinski definition) is 1. The van der Waals surface area contributed by atoms with Crippen molar-refractivity contribution in [2.45, 2.75) is 25.7 Å². The minimum Gasteiger partial charge on any atom is -0.355 e. The number of likely N-dealkylation sites (tertiary alicyclic amines) is 1. The quantitative estimate of drug-likeness (QED) is 0.766. The highest BCUT2D eigenvalue weighted by molar-refractivity contribution is 7.90. The van der Waals surface area contributed by atoms with Crippen molar-refractivity contribution in [3.63, 3.8) is 0 Å². The Morgan fingerprint density at radius 1 is 1.39 bits per heavy atom. The largest absolute Gasteiger partial charge is 0.355 e. The Balaban J connectivity index is 1.60. The third-order valence-electron chi connectivity index (χ3n) is 4.20. The minimum atomic E-state index is -2.87. The maximum Gasteiger partial charge on any atom is 0.223 e. The van der Waals surface area contributed by atoms with Crippen LogP contribution >= 0.6 is 11.3 Å². The van der Waals surface area contributed by atoms with E-state index in [0.29, 0.717) is 13.0 Å². The number of piperidine rings is 1. The molecule has 1 N–H and O–H groups in total. The van der Waals surface area contributed by atoms with E-state index < -0.39 is 9.84 Å².